The van der Waals surface area contributed by atoms with Crippen molar-refractivity contribution in [1.82, 2.24) is 4.90 Å². The van der Waals surface area contributed by atoms with Crippen molar-refractivity contribution in [3.63, 3.8) is 0 Å². The van der Waals surface area contributed by atoms with E-state index in [-0.39, 0.29) is 18.3 Å². The summed E-state index contributed by atoms with van der Waals surface area (Å²) in [6.07, 6.45) is 0. The third-order valence-corrected chi connectivity index (χ3v) is 2.25. The Morgan fingerprint density at radius 1 is 1.50 bits per heavy atom. The summed E-state index contributed by atoms with van der Waals surface area (Å²) in [5.74, 6) is -0.144. The quantitative estimate of drug-likeness (QED) is 0.343. The predicted octanol–water partition coefficient (Wildman–Crippen LogP) is 0.813. The Hall–Kier alpha value is -2.04. The molecule has 0 fully saturated rings. The van der Waals surface area contributed by atoms with Crippen LogP contribution in [0.1, 0.15) is 15.9 Å². The predicted molar refractivity (Wildman–Crippen MR) is 61.5 cm³/mol. The van der Waals surface area contributed by atoms with Gasteiger partial charge in [-0.25, -0.2) is 0 Å². The molecular weight excluding hydrogens is 206 g/mol. The van der Waals surface area contributed by atoms with Crippen LogP contribution in [-0.4, -0.2) is 35.4 Å². The molecule has 0 spiro atoms. The highest BCUT2D eigenvalue weighted by atomic mass is 16.4. The number of likely N-dealkylation sites (N-methyl/N-ethyl adjacent to an activating group) is 1. The molecule has 1 aromatic rings. The van der Waals surface area contributed by atoms with Gasteiger partial charge in [-0.2, -0.15) is 0 Å². The summed E-state index contributed by atoms with van der Waals surface area (Å²) in [6.45, 7) is 1.97. The highest BCUT2D eigenvalue weighted by Gasteiger charge is 2.14. The number of oxime groups is 1. The van der Waals surface area contributed by atoms with Crippen molar-refractivity contribution < 1.29 is 10.0 Å². The average molecular weight is 221 g/mol. The van der Waals surface area contributed by atoms with Crippen LogP contribution in [0.15, 0.2) is 29.4 Å². The van der Waals surface area contributed by atoms with Crippen LogP contribution in [0.3, 0.4) is 0 Å². The van der Waals surface area contributed by atoms with Crippen LogP contribution in [0.2, 0.25) is 0 Å². The fraction of sp³-hybridized carbons (Fsp3) is 0.273. The molecule has 1 aromatic carbocycles. The highest BCUT2D eigenvalue weighted by Crippen LogP contribution is 2.09. The zero-order chi connectivity index (χ0) is 12.1. The molecule has 0 aliphatic rings. The fourth-order valence-corrected chi connectivity index (χ4v) is 1.36. The first-order chi connectivity index (χ1) is 7.56. The van der Waals surface area contributed by atoms with Gasteiger partial charge in [0.15, 0.2) is 5.84 Å². The summed E-state index contributed by atoms with van der Waals surface area (Å²) in [5, 5.41) is 11.2. The van der Waals surface area contributed by atoms with E-state index >= 15 is 0 Å². The van der Waals surface area contributed by atoms with Gasteiger partial charge in [-0.1, -0.05) is 23.4 Å². The van der Waals surface area contributed by atoms with Crippen molar-refractivity contribution in [3.8, 4) is 0 Å². The fourth-order valence-electron chi connectivity index (χ4n) is 1.36. The maximum Gasteiger partial charge on any atom is 0.254 e. The molecule has 0 saturated carbocycles. The van der Waals surface area contributed by atoms with Gasteiger partial charge in [-0.3, -0.25) is 4.79 Å². The van der Waals surface area contributed by atoms with Gasteiger partial charge >= 0.3 is 0 Å². The Labute approximate surface area is 94.2 Å². The van der Waals surface area contributed by atoms with Gasteiger partial charge in [0, 0.05) is 12.6 Å². The maximum atomic E-state index is 12.0. The molecule has 0 heterocycles. The van der Waals surface area contributed by atoms with Crippen LogP contribution in [0.5, 0.6) is 0 Å². The smallest absolute Gasteiger partial charge is 0.254 e. The number of rotatable bonds is 3. The Bertz CT molecular complexity index is 415. The van der Waals surface area contributed by atoms with E-state index in [0.717, 1.165) is 5.56 Å². The van der Waals surface area contributed by atoms with Crippen molar-refractivity contribution in [1.29, 1.82) is 0 Å². The summed E-state index contributed by atoms with van der Waals surface area (Å²) >= 11 is 0. The first-order valence-corrected chi connectivity index (χ1v) is 4.83. The summed E-state index contributed by atoms with van der Waals surface area (Å²) < 4.78 is 0. The summed E-state index contributed by atoms with van der Waals surface area (Å²) in [4.78, 5) is 13.4. The number of carbonyl (C=O) groups is 1. The van der Waals surface area contributed by atoms with Crippen molar-refractivity contribution in [2.24, 2.45) is 10.9 Å². The van der Waals surface area contributed by atoms with E-state index in [4.69, 9.17) is 10.9 Å². The number of benzene rings is 1. The summed E-state index contributed by atoms with van der Waals surface area (Å²) in [5.41, 5.74) is 6.86. The van der Waals surface area contributed by atoms with Crippen molar-refractivity contribution in [2.45, 2.75) is 6.92 Å². The molecule has 1 amide bonds. The van der Waals surface area contributed by atoms with E-state index < -0.39 is 0 Å². The highest BCUT2D eigenvalue weighted by molar-refractivity contribution is 5.97. The number of hydrogen-bond donors (Lipinski definition) is 2. The number of amidine groups is 1. The zero-order valence-electron chi connectivity index (χ0n) is 9.34. The summed E-state index contributed by atoms with van der Waals surface area (Å²) in [6, 6.07) is 7.29. The topological polar surface area (TPSA) is 78.9 Å². The Balaban J connectivity index is 2.83. The second-order valence-corrected chi connectivity index (χ2v) is 3.57. The van der Waals surface area contributed by atoms with Crippen molar-refractivity contribution in [2.75, 3.05) is 13.6 Å². The molecule has 16 heavy (non-hydrogen) atoms. The lowest BCUT2D eigenvalue weighted by Crippen LogP contribution is -2.35. The van der Waals surface area contributed by atoms with Gasteiger partial charge in [0.1, 0.15) is 0 Å². The first kappa shape index (κ1) is 12.0. The lowest BCUT2D eigenvalue weighted by molar-refractivity contribution is 0.0813. The minimum Gasteiger partial charge on any atom is -0.409 e. The van der Waals surface area contributed by atoms with Gasteiger partial charge in [-0.15, -0.1) is 0 Å². The van der Waals surface area contributed by atoms with Crippen LogP contribution < -0.4 is 5.73 Å². The molecule has 0 aliphatic carbocycles. The van der Waals surface area contributed by atoms with Crippen LogP contribution in [0.25, 0.3) is 0 Å². The second kappa shape index (κ2) is 5.16. The van der Waals surface area contributed by atoms with Gasteiger partial charge in [0.2, 0.25) is 0 Å². The zero-order valence-corrected chi connectivity index (χ0v) is 9.34. The Morgan fingerprint density at radius 3 is 2.69 bits per heavy atom. The van der Waals surface area contributed by atoms with Gasteiger partial charge in [0.25, 0.3) is 5.91 Å². The van der Waals surface area contributed by atoms with Crippen LogP contribution in [0, 0.1) is 6.92 Å². The van der Waals surface area contributed by atoms with E-state index in [2.05, 4.69) is 5.16 Å². The molecule has 3 N–H and O–H groups in total. The number of hydrogen-bond acceptors (Lipinski definition) is 3. The largest absolute Gasteiger partial charge is 0.409 e. The van der Waals surface area contributed by atoms with Crippen molar-refractivity contribution in [3.05, 3.63) is 35.4 Å². The lowest BCUT2D eigenvalue weighted by atomic mass is 10.1. The average Bonchev–Trinajstić information content (AvgIpc) is 2.28. The molecule has 0 aromatic heterocycles. The Morgan fingerprint density at radius 2 is 2.12 bits per heavy atom. The summed E-state index contributed by atoms with van der Waals surface area (Å²) in [7, 11) is 1.60. The van der Waals surface area contributed by atoms with Crippen LogP contribution >= 0.6 is 0 Å². The number of nitrogens with two attached hydrogens (primary N) is 1. The second-order valence-electron chi connectivity index (χ2n) is 3.57. The number of nitrogens with zero attached hydrogens (tertiary/aromatic N) is 2. The number of aryl methyl sites for hydroxylation is 1. The third-order valence-electron chi connectivity index (χ3n) is 2.25. The lowest BCUT2D eigenvalue weighted by Gasteiger charge is -2.17. The minimum atomic E-state index is -0.148. The van der Waals surface area contributed by atoms with Gasteiger partial charge in [0.05, 0.1) is 6.54 Å². The molecule has 5 nitrogen and oxygen atoms in total. The van der Waals surface area contributed by atoms with Gasteiger partial charge in [-0.05, 0) is 18.6 Å². The standard InChI is InChI=1S/C11H15N3O2/c1-8-5-3-4-6-9(8)11(15)14(2)7-10(12)13-16/h3-6,16H,7H2,1-2H3,(H2,12,13). The molecule has 1 rings (SSSR count). The Kier molecular flexibility index (Phi) is 3.88. The number of amides is 1. The van der Waals surface area contributed by atoms with E-state index in [9.17, 15) is 4.79 Å². The molecule has 0 bridgehead atoms. The van der Waals surface area contributed by atoms with Gasteiger partial charge < -0.3 is 15.8 Å². The molecule has 0 radical (unpaired) electrons. The maximum absolute atomic E-state index is 12.0. The molecular formula is C11H15N3O2. The van der Waals surface area contributed by atoms with E-state index in [1.165, 1.54) is 4.90 Å². The minimum absolute atomic E-state index is 0.00411. The molecule has 0 atom stereocenters. The van der Waals surface area contributed by atoms with E-state index in [0.29, 0.717) is 5.56 Å². The van der Waals surface area contributed by atoms with Crippen LogP contribution in [0.4, 0.5) is 0 Å². The number of carbonyl (C=O) groups excluding carboxylic acids is 1. The van der Waals surface area contributed by atoms with Crippen LogP contribution in [-0.2, 0) is 0 Å². The molecule has 86 valence electrons. The van der Waals surface area contributed by atoms with Crippen molar-refractivity contribution >= 4 is 11.7 Å². The third kappa shape index (κ3) is 2.73. The SMILES string of the molecule is Cc1ccccc1C(=O)N(C)CC(N)=NO. The molecule has 0 unspecified atom stereocenters. The normalized spacial score (nSPS) is 11.2. The first-order valence-electron chi connectivity index (χ1n) is 4.83. The van der Waals surface area contributed by atoms with E-state index in [1.807, 2.05) is 19.1 Å². The van der Waals surface area contributed by atoms with E-state index in [1.54, 1.807) is 19.2 Å². The molecule has 5 heteroatoms. The molecule has 0 saturated heterocycles. The molecule has 0 aliphatic heterocycles. The monoisotopic (exact) mass is 221 g/mol.